The van der Waals surface area contributed by atoms with E-state index in [1.807, 2.05) is 43.3 Å². The molecule has 0 unspecified atom stereocenters. The quantitative estimate of drug-likeness (QED) is 0.326. The van der Waals surface area contributed by atoms with Gasteiger partial charge in [0.05, 0.1) is 29.6 Å². The summed E-state index contributed by atoms with van der Waals surface area (Å²) < 4.78 is 11.0. The van der Waals surface area contributed by atoms with Gasteiger partial charge >= 0.3 is 5.97 Å². The van der Waals surface area contributed by atoms with E-state index in [4.69, 9.17) is 9.47 Å². The lowest BCUT2D eigenvalue weighted by Crippen LogP contribution is -2.21. The number of nitrogens with zero attached hydrogens (tertiary/aromatic N) is 2. The average Bonchev–Trinajstić information content (AvgIpc) is 3.08. The summed E-state index contributed by atoms with van der Waals surface area (Å²) >= 11 is 0. The molecule has 0 aromatic heterocycles. The maximum Gasteiger partial charge on any atom is 0.343 e. The highest BCUT2D eigenvalue weighted by atomic mass is 16.6. The lowest BCUT2D eigenvalue weighted by molar-refractivity contribution is -0.114. The van der Waals surface area contributed by atoms with Crippen molar-refractivity contribution >= 4 is 29.4 Å². The summed E-state index contributed by atoms with van der Waals surface area (Å²) in [5, 5.41) is 5.77. The average molecular weight is 426 g/mol. The summed E-state index contributed by atoms with van der Waals surface area (Å²) in [5.41, 5.74) is 3.97. The normalized spacial score (nSPS) is 14.5. The van der Waals surface area contributed by atoms with E-state index in [1.54, 1.807) is 49.4 Å². The van der Waals surface area contributed by atoms with Gasteiger partial charge in [0.2, 0.25) is 0 Å². The van der Waals surface area contributed by atoms with E-state index in [1.165, 1.54) is 12.1 Å². The number of esters is 1. The topological polar surface area (TPSA) is 68.2 Å². The van der Waals surface area contributed by atoms with Crippen LogP contribution in [0.2, 0.25) is 0 Å². The number of ether oxygens (including phenoxy) is 2. The first-order valence-corrected chi connectivity index (χ1v) is 10.1. The van der Waals surface area contributed by atoms with Gasteiger partial charge < -0.3 is 9.47 Å². The van der Waals surface area contributed by atoms with E-state index in [9.17, 15) is 9.59 Å². The van der Waals surface area contributed by atoms with Gasteiger partial charge in [0.15, 0.2) is 11.5 Å². The van der Waals surface area contributed by atoms with Crippen LogP contribution in [0.3, 0.4) is 0 Å². The number of carbonyl (C=O) groups excluding carboxylic acids is 2. The molecular weight excluding hydrogens is 404 g/mol. The summed E-state index contributed by atoms with van der Waals surface area (Å²) in [7, 11) is 1.50. The molecule has 1 amide bonds. The number of rotatable bonds is 5. The van der Waals surface area contributed by atoms with E-state index < -0.39 is 5.97 Å². The Hall–Kier alpha value is -4.19. The lowest BCUT2D eigenvalue weighted by atomic mass is 10.1. The minimum atomic E-state index is -0.467. The zero-order valence-corrected chi connectivity index (χ0v) is 18.0. The molecule has 0 spiro atoms. The zero-order chi connectivity index (χ0) is 22.7. The summed E-state index contributed by atoms with van der Waals surface area (Å²) in [6.45, 7) is 3.70. The largest absolute Gasteiger partial charge is 0.493 e. The Labute approximate surface area is 186 Å². The van der Waals surface area contributed by atoms with Crippen LogP contribution in [0.5, 0.6) is 11.5 Å². The van der Waals surface area contributed by atoms with E-state index in [0.29, 0.717) is 34.0 Å². The molecule has 4 rings (SSSR count). The number of hydrazone groups is 1. The molecule has 0 atom stereocenters. The highest BCUT2D eigenvalue weighted by Gasteiger charge is 2.28. The number of aryl methyl sites for hydroxylation is 1. The fourth-order valence-corrected chi connectivity index (χ4v) is 3.38. The van der Waals surface area contributed by atoms with Crippen LogP contribution in [0.15, 0.2) is 83.5 Å². The molecule has 0 radical (unpaired) electrons. The van der Waals surface area contributed by atoms with Gasteiger partial charge in [-0.3, -0.25) is 4.79 Å². The summed E-state index contributed by atoms with van der Waals surface area (Å²) in [6.07, 6.45) is 1.75. The minimum absolute atomic E-state index is 0.206. The van der Waals surface area contributed by atoms with Crippen LogP contribution in [0.4, 0.5) is 5.69 Å². The highest BCUT2D eigenvalue weighted by molar-refractivity contribution is 6.32. The molecule has 32 heavy (non-hydrogen) atoms. The van der Waals surface area contributed by atoms with Crippen LogP contribution >= 0.6 is 0 Å². The summed E-state index contributed by atoms with van der Waals surface area (Å²) in [6, 6.07) is 21.6. The Balaban J connectivity index is 1.58. The standard InChI is InChI=1S/C26H22N2O4/c1-17-8-7-9-20(14-17)26(30)32-23-13-12-19(16-24(23)31-3)15-22-18(2)27-28(25(22)29)21-10-5-4-6-11-21/h4-16H,1-3H3/b22-15+. The number of methoxy groups -OCH3 is 1. The molecule has 6 heteroatoms. The fraction of sp³-hybridized carbons (Fsp3) is 0.115. The monoisotopic (exact) mass is 426 g/mol. The van der Waals surface area contributed by atoms with Crippen LogP contribution < -0.4 is 14.5 Å². The maximum atomic E-state index is 12.9. The second-order valence-electron chi connectivity index (χ2n) is 7.37. The fourth-order valence-electron chi connectivity index (χ4n) is 3.38. The second kappa shape index (κ2) is 8.89. The van der Waals surface area contributed by atoms with Crippen molar-refractivity contribution < 1.29 is 19.1 Å². The van der Waals surface area contributed by atoms with Gasteiger partial charge in [0, 0.05) is 0 Å². The third-order valence-electron chi connectivity index (χ3n) is 5.02. The van der Waals surface area contributed by atoms with Crippen molar-refractivity contribution in [1.82, 2.24) is 0 Å². The predicted octanol–water partition coefficient (Wildman–Crippen LogP) is 5.03. The number of benzene rings is 3. The number of anilines is 1. The SMILES string of the molecule is COc1cc(/C=C2/C(=O)N(c3ccccc3)N=C2C)ccc1OC(=O)c1cccc(C)c1. The molecule has 0 saturated carbocycles. The summed E-state index contributed by atoms with van der Waals surface area (Å²) in [4.78, 5) is 25.4. The Bertz CT molecular complexity index is 1250. The maximum absolute atomic E-state index is 12.9. The van der Waals surface area contributed by atoms with Crippen LogP contribution in [0.25, 0.3) is 6.08 Å². The van der Waals surface area contributed by atoms with Gasteiger partial charge in [-0.05, 0) is 61.9 Å². The van der Waals surface area contributed by atoms with Gasteiger partial charge in [0.1, 0.15) is 0 Å². The minimum Gasteiger partial charge on any atom is -0.493 e. The van der Waals surface area contributed by atoms with Crippen molar-refractivity contribution in [3.63, 3.8) is 0 Å². The Morgan fingerprint density at radius 2 is 1.72 bits per heavy atom. The Morgan fingerprint density at radius 1 is 0.938 bits per heavy atom. The van der Waals surface area contributed by atoms with Gasteiger partial charge in [0.25, 0.3) is 5.91 Å². The lowest BCUT2D eigenvalue weighted by Gasteiger charge is -2.12. The molecule has 1 aliphatic heterocycles. The van der Waals surface area contributed by atoms with Crippen LogP contribution in [0.1, 0.15) is 28.4 Å². The molecule has 0 aliphatic carbocycles. The molecule has 3 aromatic rings. The van der Waals surface area contributed by atoms with Crippen molar-refractivity contribution in [3.05, 3.63) is 95.1 Å². The molecule has 1 heterocycles. The van der Waals surface area contributed by atoms with Crippen molar-refractivity contribution in [3.8, 4) is 11.5 Å². The van der Waals surface area contributed by atoms with Crippen molar-refractivity contribution in [1.29, 1.82) is 0 Å². The van der Waals surface area contributed by atoms with E-state index in [-0.39, 0.29) is 5.91 Å². The number of hydrogen-bond acceptors (Lipinski definition) is 5. The molecular formula is C26H22N2O4. The van der Waals surface area contributed by atoms with Crippen LogP contribution in [-0.2, 0) is 4.79 Å². The number of carbonyl (C=O) groups is 2. The zero-order valence-electron chi connectivity index (χ0n) is 18.0. The molecule has 1 aliphatic rings. The van der Waals surface area contributed by atoms with Crippen LogP contribution in [-0.4, -0.2) is 24.7 Å². The molecule has 0 fully saturated rings. The van der Waals surface area contributed by atoms with Gasteiger partial charge in [-0.1, -0.05) is 42.0 Å². The van der Waals surface area contributed by atoms with Crippen molar-refractivity contribution in [2.75, 3.05) is 12.1 Å². The molecule has 160 valence electrons. The van der Waals surface area contributed by atoms with E-state index in [2.05, 4.69) is 5.10 Å². The van der Waals surface area contributed by atoms with Crippen molar-refractivity contribution in [2.45, 2.75) is 13.8 Å². The molecule has 0 saturated heterocycles. The number of para-hydroxylation sites is 1. The third kappa shape index (κ3) is 4.30. The second-order valence-corrected chi connectivity index (χ2v) is 7.37. The molecule has 6 nitrogen and oxygen atoms in total. The molecule has 0 bridgehead atoms. The van der Waals surface area contributed by atoms with E-state index in [0.717, 1.165) is 11.1 Å². The first-order valence-electron chi connectivity index (χ1n) is 10.1. The van der Waals surface area contributed by atoms with Gasteiger partial charge in [-0.25, -0.2) is 4.79 Å². The number of hydrogen-bond donors (Lipinski definition) is 0. The smallest absolute Gasteiger partial charge is 0.343 e. The van der Waals surface area contributed by atoms with Gasteiger partial charge in [-0.15, -0.1) is 0 Å². The summed E-state index contributed by atoms with van der Waals surface area (Å²) in [5.74, 6) is 0.0173. The predicted molar refractivity (Wildman–Crippen MR) is 124 cm³/mol. The van der Waals surface area contributed by atoms with Gasteiger partial charge in [-0.2, -0.15) is 10.1 Å². The first-order chi connectivity index (χ1) is 15.5. The highest BCUT2D eigenvalue weighted by Crippen LogP contribution is 2.31. The Kier molecular flexibility index (Phi) is 5.85. The third-order valence-corrected chi connectivity index (χ3v) is 5.02. The molecule has 3 aromatic carbocycles. The van der Waals surface area contributed by atoms with Crippen LogP contribution in [0, 0.1) is 6.92 Å². The molecule has 0 N–H and O–H groups in total. The van der Waals surface area contributed by atoms with E-state index >= 15 is 0 Å². The number of amides is 1. The first kappa shape index (κ1) is 21.1. The Morgan fingerprint density at radius 3 is 2.44 bits per heavy atom. The van der Waals surface area contributed by atoms with Crippen molar-refractivity contribution in [2.24, 2.45) is 5.10 Å².